The molecule has 3 rings (SSSR count). The second kappa shape index (κ2) is 10.7. The van der Waals surface area contributed by atoms with Crippen molar-refractivity contribution in [3.05, 3.63) is 63.0 Å². The van der Waals surface area contributed by atoms with Crippen LogP contribution in [0.15, 0.2) is 51.8 Å². The normalized spacial score (nSPS) is 15.2. The molecule has 0 atom stereocenters. The van der Waals surface area contributed by atoms with Crippen LogP contribution in [0.1, 0.15) is 18.1 Å². The molecule has 1 heterocycles. The van der Waals surface area contributed by atoms with Crippen LogP contribution < -0.4 is 9.47 Å². The van der Waals surface area contributed by atoms with Gasteiger partial charge in [-0.3, -0.25) is 14.5 Å². The Balaban J connectivity index is 1.83. The van der Waals surface area contributed by atoms with Crippen LogP contribution in [0.3, 0.4) is 0 Å². The maximum atomic E-state index is 12.6. The molecule has 1 aliphatic heterocycles. The van der Waals surface area contributed by atoms with E-state index in [-0.39, 0.29) is 17.7 Å². The molecule has 30 heavy (non-hydrogen) atoms. The van der Waals surface area contributed by atoms with E-state index in [1.165, 1.54) is 12.0 Å². The number of hydrogen-bond donors (Lipinski definition) is 0. The van der Waals surface area contributed by atoms with Gasteiger partial charge in [0.05, 0.1) is 24.7 Å². The number of carbonyl (C=O) groups excluding carboxylic acids is 2. The number of benzene rings is 2. The Morgan fingerprint density at radius 2 is 1.83 bits per heavy atom. The Bertz CT molecular complexity index is 948. The van der Waals surface area contributed by atoms with Crippen molar-refractivity contribution in [2.24, 2.45) is 0 Å². The standard InChI is InChI=1S/C22H22BrNO5S/c1-3-28-18-11-16(12-20-21(25)24(9-10-27-2)22(26)30-20)17(23)13-19(18)29-14-15-7-5-4-6-8-15/h4-8,11-13H,3,9-10,14H2,1-2H3/b20-12+. The molecule has 1 aliphatic rings. The summed E-state index contributed by atoms with van der Waals surface area (Å²) in [5.74, 6) is 0.843. The lowest BCUT2D eigenvalue weighted by Gasteiger charge is -2.14. The van der Waals surface area contributed by atoms with Gasteiger partial charge in [-0.05, 0) is 48.0 Å². The molecule has 158 valence electrons. The minimum Gasteiger partial charge on any atom is -0.490 e. The fourth-order valence-corrected chi connectivity index (χ4v) is 4.09. The molecule has 0 spiro atoms. The van der Waals surface area contributed by atoms with Gasteiger partial charge in [0.25, 0.3) is 11.1 Å². The average molecular weight is 492 g/mol. The monoisotopic (exact) mass is 491 g/mol. The van der Waals surface area contributed by atoms with E-state index in [4.69, 9.17) is 14.2 Å². The number of imide groups is 1. The van der Waals surface area contributed by atoms with Gasteiger partial charge in [-0.25, -0.2) is 0 Å². The molecule has 2 aromatic rings. The Labute approximate surface area is 188 Å². The van der Waals surface area contributed by atoms with Crippen molar-refractivity contribution in [2.75, 3.05) is 26.9 Å². The second-order valence-corrected chi connectivity index (χ2v) is 8.20. The van der Waals surface area contributed by atoms with E-state index in [0.29, 0.717) is 36.2 Å². The van der Waals surface area contributed by atoms with E-state index in [1.54, 1.807) is 12.1 Å². The zero-order chi connectivity index (χ0) is 21.5. The largest absolute Gasteiger partial charge is 0.490 e. The van der Waals surface area contributed by atoms with Crippen molar-refractivity contribution in [1.29, 1.82) is 0 Å². The molecule has 0 bridgehead atoms. The highest BCUT2D eigenvalue weighted by atomic mass is 79.9. The summed E-state index contributed by atoms with van der Waals surface area (Å²) in [6.07, 6.45) is 1.69. The molecule has 2 amide bonds. The molecule has 6 nitrogen and oxygen atoms in total. The van der Waals surface area contributed by atoms with Crippen molar-refractivity contribution in [3.8, 4) is 11.5 Å². The first-order valence-electron chi connectivity index (χ1n) is 9.40. The highest BCUT2D eigenvalue weighted by molar-refractivity contribution is 9.10. The topological polar surface area (TPSA) is 65.1 Å². The molecule has 8 heteroatoms. The van der Waals surface area contributed by atoms with E-state index < -0.39 is 0 Å². The first-order valence-corrected chi connectivity index (χ1v) is 11.0. The average Bonchev–Trinajstić information content (AvgIpc) is 3.01. The predicted molar refractivity (Wildman–Crippen MR) is 121 cm³/mol. The van der Waals surface area contributed by atoms with Crippen LogP contribution >= 0.6 is 27.7 Å². The molecule has 1 fully saturated rings. The zero-order valence-corrected chi connectivity index (χ0v) is 19.1. The van der Waals surface area contributed by atoms with Gasteiger partial charge in [-0.2, -0.15) is 0 Å². The molecule has 2 aromatic carbocycles. The quantitative estimate of drug-likeness (QED) is 0.454. The number of carbonyl (C=O) groups is 2. The van der Waals surface area contributed by atoms with Crippen molar-refractivity contribution >= 4 is 44.9 Å². The SMILES string of the molecule is CCOc1cc(/C=C2/SC(=O)N(CCOC)C2=O)c(Br)cc1OCc1ccccc1. The number of rotatable bonds is 9. The minimum absolute atomic E-state index is 0.232. The lowest BCUT2D eigenvalue weighted by molar-refractivity contribution is -0.123. The van der Waals surface area contributed by atoms with Crippen LogP contribution in [0.2, 0.25) is 0 Å². The third kappa shape index (κ3) is 5.44. The summed E-state index contributed by atoms with van der Waals surface area (Å²) in [7, 11) is 1.53. The fourth-order valence-electron chi connectivity index (χ4n) is 2.79. The van der Waals surface area contributed by atoms with Gasteiger partial charge >= 0.3 is 0 Å². The minimum atomic E-state index is -0.323. The number of nitrogens with zero attached hydrogens (tertiary/aromatic N) is 1. The van der Waals surface area contributed by atoms with Gasteiger partial charge < -0.3 is 14.2 Å². The Morgan fingerprint density at radius 1 is 1.10 bits per heavy atom. The van der Waals surface area contributed by atoms with E-state index in [0.717, 1.165) is 27.4 Å². The first-order chi connectivity index (χ1) is 14.5. The summed E-state index contributed by atoms with van der Waals surface area (Å²) in [5.41, 5.74) is 1.77. The fraction of sp³-hybridized carbons (Fsp3) is 0.273. The third-order valence-electron chi connectivity index (χ3n) is 4.28. The molecule has 0 aromatic heterocycles. The highest BCUT2D eigenvalue weighted by Gasteiger charge is 2.34. The first kappa shape index (κ1) is 22.4. The van der Waals surface area contributed by atoms with E-state index in [2.05, 4.69) is 15.9 Å². The maximum Gasteiger partial charge on any atom is 0.293 e. The van der Waals surface area contributed by atoms with Crippen molar-refractivity contribution in [3.63, 3.8) is 0 Å². The number of ether oxygens (including phenoxy) is 3. The zero-order valence-electron chi connectivity index (χ0n) is 16.7. The molecule has 1 saturated heterocycles. The van der Waals surface area contributed by atoms with Gasteiger partial charge in [0, 0.05) is 11.6 Å². The molecule has 0 N–H and O–H groups in total. The summed E-state index contributed by atoms with van der Waals surface area (Å²) < 4.78 is 17.4. The van der Waals surface area contributed by atoms with Gasteiger partial charge in [-0.15, -0.1) is 0 Å². The number of amides is 2. The van der Waals surface area contributed by atoms with Crippen molar-refractivity contribution in [2.45, 2.75) is 13.5 Å². The molecular weight excluding hydrogens is 470 g/mol. The summed E-state index contributed by atoms with van der Waals surface area (Å²) in [5, 5.41) is -0.299. The molecule has 0 radical (unpaired) electrons. The van der Waals surface area contributed by atoms with Crippen LogP contribution in [0.4, 0.5) is 4.79 Å². The van der Waals surface area contributed by atoms with Crippen LogP contribution in [-0.4, -0.2) is 42.9 Å². The van der Waals surface area contributed by atoms with E-state index in [9.17, 15) is 9.59 Å². The van der Waals surface area contributed by atoms with Gasteiger partial charge in [-0.1, -0.05) is 46.3 Å². The molecule has 0 unspecified atom stereocenters. The lowest BCUT2D eigenvalue weighted by Crippen LogP contribution is -2.31. The second-order valence-electron chi connectivity index (χ2n) is 6.35. The number of methoxy groups -OCH3 is 1. The van der Waals surface area contributed by atoms with Gasteiger partial charge in [0.1, 0.15) is 6.61 Å². The van der Waals surface area contributed by atoms with Crippen LogP contribution in [0.25, 0.3) is 6.08 Å². The Hall–Kier alpha value is -2.29. The number of hydrogen-bond acceptors (Lipinski definition) is 6. The summed E-state index contributed by atoms with van der Waals surface area (Å²) in [4.78, 5) is 26.2. The Kier molecular flexibility index (Phi) is 7.95. The lowest BCUT2D eigenvalue weighted by atomic mass is 10.1. The maximum absolute atomic E-state index is 12.6. The molecular formula is C22H22BrNO5S. The van der Waals surface area contributed by atoms with E-state index in [1.807, 2.05) is 43.3 Å². The highest BCUT2D eigenvalue weighted by Crippen LogP contribution is 2.38. The molecule has 0 aliphatic carbocycles. The predicted octanol–water partition coefficient (Wildman–Crippen LogP) is 5.11. The molecule has 0 saturated carbocycles. The van der Waals surface area contributed by atoms with Crippen LogP contribution in [0.5, 0.6) is 11.5 Å². The number of halogens is 1. The van der Waals surface area contributed by atoms with Crippen LogP contribution in [0, 0.1) is 0 Å². The summed E-state index contributed by atoms with van der Waals surface area (Å²) >= 11 is 4.46. The summed E-state index contributed by atoms with van der Waals surface area (Å²) in [6, 6.07) is 13.5. The van der Waals surface area contributed by atoms with Crippen molar-refractivity contribution in [1.82, 2.24) is 4.90 Å². The Morgan fingerprint density at radius 3 is 2.53 bits per heavy atom. The third-order valence-corrected chi connectivity index (χ3v) is 5.87. The van der Waals surface area contributed by atoms with E-state index >= 15 is 0 Å². The van der Waals surface area contributed by atoms with Gasteiger partial charge in [0.2, 0.25) is 0 Å². The number of thioether (sulfide) groups is 1. The van der Waals surface area contributed by atoms with Crippen molar-refractivity contribution < 1.29 is 23.8 Å². The van der Waals surface area contributed by atoms with Crippen LogP contribution in [-0.2, 0) is 16.1 Å². The van der Waals surface area contributed by atoms with Gasteiger partial charge in [0.15, 0.2) is 11.5 Å². The smallest absolute Gasteiger partial charge is 0.293 e. The summed E-state index contributed by atoms with van der Waals surface area (Å²) in [6.45, 7) is 3.30.